The van der Waals surface area contributed by atoms with Crippen LogP contribution in [-0.4, -0.2) is 53.8 Å². The summed E-state index contributed by atoms with van der Waals surface area (Å²) in [5, 5.41) is 6.72. The Morgan fingerprint density at radius 2 is 2.00 bits per heavy atom. The molecule has 1 amide bonds. The molecule has 0 saturated heterocycles. The van der Waals surface area contributed by atoms with Gasteiger partial charge in [-0.2, -0.15) is 5.10 Å². The minimum absolute atomic E-state index is 0.0988. The lowest BCUT2D eigenvalue weighted by molar-refractivity contribution is 0.0752. The number of sulfonamides is 1. The predicted molar refractivity (Wildman–Crippen MR) is 114 cm³/mol. The number of benzene rings is 2. The molecule has 1 unspecified atom stereocenters. The lowest BCUT2D eigenvalue weighted by Gasteiger charge is -2.22. The third kappa shape index (κ3) is 3.80. The molecular formula is C21H23N5O3S. The van der Waals surface area contributed by atoms with Gasteiger partial charge in [-0.3, -0.25) is 14.2 Å². The van der Waals surface area contributed by atoms with E-state index in [-0.39, 0.29) is 18.4 Å². The third-order valence-corrected chi connectivity index (χ3v) is 6.46. The number of hydrogen-bond donors (Lipinski definition) is 1. The van der Waals surface area contributed by atoms with E-state index >= 15 is 0 Å². The molecule has 0 bridgehead atoms. The summed E-state index contributed by atoms with van der Waals surface area (Å²) < 4.78 is 25.9. The number of amides is 1. The second-order valence-corrected chi connectivity index (χ2v) is 9.20. The fraction of sp³-hybridized carbons (Fsp3) is 0.286. The number of aromatic nitrogens is 3. The highest BCUT2D eigenvalue weighted by molar-refractivity contribution is 7.92. The maximum Gasteiger partial charge on any atom is 0.254 e. The first-order valence-corrected chi connectivity index (χ1v) is 11.5. The van der Waals surface area contributed by atoms with E-state index in [1.807, 2.05) is 37.3 Å². The summed E-state index contributed by atoms with van der Waals surface area (Å²) in [7, 11) is -3.46. The van der Waals surface area contributed by atoms with Crippen LogP contribution in [0.1, 0.15) is 40.2 Å². The van der Waals surface area contributed by atoms with Gasteiger partial charge in [0.05, 0.1) is 17.9 Å². The molecule has 0 spiro atoms. The average molecular weight is 426 g/mol. The normalized spacial score (nSPS) is 15.8. The first kappa shape index (κ1) is 20.1. The summed E-state index contributed by atoms with van der Waals surface area (Å²) in [6.45, 7) is 3.24. The molecule has 3 aromatic rings. The Bertz CT molecular complexity index is 1150. The first-order valence-electron chi connectivity index (χ1n) is 9.68. The van der Waals surface area contributed by atoms with Gasteiger partial charge in [0.1, 0.15) is 12.2 Å². The summed E-state index contributed by atoms with van der Waals surface area (Å²) in [6, 6.07) is 15.0. The molecule has 2 aromatic carbocycles. The van der Waals surface area contributed by atoms with E-state index in [0.29, 0.717) is 30.2 Å². The quantitative estimate of drug-likeness (QED) is 0.654. The molecule has 1 aromatic heterocycles. The molecule has 156 valence electrons. The Morgan fingerprint density at radius 1 is 1.23 bits per heavy atom. The molecule has 9 heteroatoms. The highest BCUT2D eigenvalue weighted by Crippen LogP contribution is 2.40. The molecule has 0 aliphatic carbocycles. The largest absolute Gasteiger partial charge is 0.335 e. The zero-order valence-corrected chi connectivity index (χ0v) is 17.6. The molecular weight excluding hydrogens is 402 g/mol. The Hall–Kier alpha value is -3.20. The lowest BCUT2D eigenvalue weighted by atomic mass is 9.98. The van der Waals surface area contributed by atoms with Crippen LogP contribution in [0.5, 0.6) is 0 Å². The molecule has 0 saturated carbocycles. The molecule has 0 fully saturated rings. The Kier molecular flexibility index (Phi) is 5.29. The minimum atomic E-state index is -3.46. The number of carbonyl (C=O) groups is 1. The maximum atomic E-state index is 13.2. The molecule has 1 atom stereocenters. The number of nitrogens with zero attached hydrogens (tertiary/aromatic N) is 4. The van der Waals surface area contributed by atoms with Gasteiger partial charge < -0.3 is 4.90 Å². The fourth-order valence-corrected chi connectivity index (χ4v) is 4.74. The van der Waals surface area contributed by atoms with E-state index in [1.54, 1.807) is 23.1 Å². The van der Waals surface area contributed by atoms with Crippen molar-refractivity contribution in [1.29, 1.82) is 0 Å². The smallest absolute Gasteiger partial charge is 0.254 e. The van der Waals surface area contributed by atoms with Crippen molar-refractivity contribution in [2.75, 3.05) is 23.7 Å². The van der Waals surface area contributed by atoms with Crippen LogP contribution in [-0.2, 0) is 16.6 Å². The number of rotatable bonds is 6. The molecule has 1 aliphatic heterocycles. The predicted octanol–water partition coefficient (Wildman–Crippen LogP) is 2.38. The van der Waals surface area contributed by atoms with Crippen molar-refractivity contribution in [2.24, 2.45) is 0 Å². The number of nitrogens with one attached hydrogen (secondary N) is 1. The Labute approximate surface area is 175 Å². The second kappa shape index (κ2) is 7.91. The van der Waals surface area contributed by atoms with Crippen molar-refractivity contribution < 1.29 is 13.2 Å². The van der Waals surface area contributed by atoms with Crippen LogP contribution < -0.4 is 4.31 Å². The summed E-state index contributed by atoms with van der Waals surface area (Å²) in [5.41, 5.74) is 2.89. The summed E-state index contributed by atoms with van der Waals surface area (Å²) in [4.78, 5) is 19.2. The van der Waals surface area contributed by atoms with E-state index in [1.165, 1.54) is 16.9 Å². The monoisotopic (exact) mass is 425 g/mol. The van der Waals surface area contributed by atoms with Crippen molar-refractivity contribution in [2.45, 2.75) is 19.4 Å². The van der Waals surface area contributed by atoms with Crippen LogP contribution in [0.4, 0.5) is 5.69 Å². The van der Waals surface area contributed by atoms with Crippen molar-refractivity contribution in [3.8, 4) is 0 Å². The fourth-order valence-electron chi connectivity index (χ4n) is 3.80. The van der Waals surface area contributed by atoms with Gasteiger partial charge in [-0.25, -0.2) is 13.4 Å². The zero-order chi connectivity index (χ0) is 21.3. The van der Waals surface area contributed by atoms with Crippen molar-refractivity contribution in [3.05, 3.63) is 77.4 Å². The van der Waals surface area contributed by atoms with Crippen LogP contribution in [0.2, 0.25) is 0 Å². The van der Waals surface area contributed by atoms with E-state index in [9.17, 15) is 13.2 Å². The van der Waals surface area contributed by atoms with Gasteiger partial charge in [-0.15, -0.1) is 0 Å². The summed E-state index contributed by atoms with van der Waals surface area (Å²) in [5.74, 6) is 0.163. The highest BCUT2D eigenvalue weighted by Gasteiger charge is 2.36. The lowest BCUT2D eigenvalue weighted by Crippen LogP contribution is -2.30. The van der Waals surface area contributed by atoms with Crippen LogP contribution >= 0.6 is 0 Å². The minimum Gasteiger partial charge on any atom is -0.335 e. The molecule has 1 N–H and O–H groups in total. The molecule has 1 aliphatic rings. The van der Waals surface area contributed by atoms with Gasteiger partial charge >= 0.3 is 0 Å². The van der Waals surface area contributed by atoms with Crippen molar-refractivity contribution in [3.63, 3.8) is 0 Å². The zero-order valence-electron chi connectivity index (χ0n) is 16.8. The number of anilines is 1. The van der Waals surface area contributed by atoms with Crippen LogP contribution in [0.3, 0.4) is 0 Å². The van der Waals surface area contributed by atoms with E-state index in [4.69, 9.17) is 0 Å². The highest BCUT2D eigenvalue weighted by atomic mass is 32.2. The van der Waals surface area contributed by atoms with E-state index in [0.717, 1.165) is 11.1 Å². The van der Waals surface area contributed by atoms with Crippen LogP contribution in [0, 0.1) is 0 Å². The van der Waals surface area contributed by atoms with Gasteiger partial charge in [0.15, 0.2) is 0 Å². The van der Waals surface area contributed by atoms with Gasteiger partial charge in [-0.1, -0.05) is 30.3 Å². The second-order valence-electron chi connectivity index (χ2n) is 7.30. The van der Waals surface area contributed by atoms with Gasteiger partial charge in [-0.05, 0) is 36.2 Å². The number of hydrogen-bond acceptors (Lipinski definition) is 5. The van der Waals surface area contributed by atoms with Gasteiger partial charge in [0.25, 0.3) is 5.91 Å². The van der Waals surface area contributed by atoms with E-state index in [2.05, 4.69) is 15.2 Å². The number of fused-ring (bicyclic) bond motifs is 1. The maximum absolute atomic E-state index is 13.2. The molecule has 0 radical (unpaired) electrons. The number of aromatic amines is 1. The molecule has 8 nitrogen and oxygen atoms in total. The summed E-state index contributed by atoms with van der Waals surface area (Å²) in [6.07, 6.45) is 2.57. The topological polar surface area (TPSA) is 99.3 Å². The van der Waals surface area contributed by atoms with Gasteiger partial charge in [0, 0.05) is 25.2 Å². The Balaban J connectivity index is 1.69. The van der Waals surface area contributed by atoms with Crippen LogP contribution in [0.25, 0.3) is 0 Å². The average Bonchev–Trinajstić information content (AvgIpc) is 3.39. The SMILES string of the molecule is CCN(Cc1ccccc1)C(=O)c1ccc2c(c1)C(c1ncn[nH]1)CN2S(C)(=O)=O. The van der Waals surface area contributed by atoms with Crippen molar-refractivity contribution >= 4 is 21.6 Å². The van der Waals surface area contributed by atoms with E-state index < -0.39 is 10.0 Å². The van der Waals surface area contributed by atoms with Crippen LogP contribution in [0.15, 0.2) is 54.9 Å². The third-order valence-electron chi connectivity index (χ3n) is 5.32. The number of carbonyl (C=O) groups excluding carboxylic acids is 1. The molecule has 4 rings (SSSR count). The molecule has 2 heterocycles. The summed E-state index contributed by atoms with van der Waals surface area (Å²) >= 11 is 0. The molecule has 30 heavy (non-hydrogen) atoms. The Morgan fingerprint density at radius 3 is 2.63 bits per heavy atom. The standard InChI is InChI=1S/C21H23N5O3S/c1-3-25(12-15-7-5-4-6-8-15)21(27)16-9-10-19-17(11-16)18(20-22-14-23-24-20)13-26(19)30(2,28)29/h4-11,14,18H,3,12-13H2,1-2H3,(H,22,23,24). The van der Waals surface area contributed by atoms with Crippen molar-refractivity contribution in [1.82, 2.24) is 20.1 Å². The van der Waals surface area contributed by atoms with Gasteiger partial charge in [0.2, 0.25) is 10.0 Å². The first-order chi connectivity index (χ1) is 14.4. The number of H-pyrrole nitrogens is 1.